The minimum absolute atomic E-state index is 0.884. The third-order valence-electron chi connectivity index (χ3n) is 2.86. The van der Waals surface area contributed by atoms with Crippen LogP contribution in [0.4, 0.5) is 0 Å². The molecule has 0 bridgehead atoms. The maximum absolute atomic E-state index is 4.42. The molecule has 1 atom stereocenters. The van der Waals surface area contributed by atoms with Crippen LogP contribution in [0, 0.1) is 12.8 Å². The number of hydrogen-bond acceptors (Lipinski definition) is 4. The van der Waals surface area contributed by atoms with E-state index in [9.17, 15) is 0 Å². The Morgan fingerprint density at radius 2 is 2.60 bits per heavy atom. The van der Waals surface area contributed by atoms with Crippen LogP contribution < -0.4 is 10.6 Å². The molecule has 1 unspecified atom stereocenters. The molecule has 0 radical (unpaired) electrons. The molecule has 0 saturated carbocycles. The van der Waals surface area contributed by atoms with Gasteiger partial charge in [0.05, 0.1) is 10.7 Å². The highest BCUT2D eigenvalue weighted by atomic mass is 32.1. The van der Waals surface area contributed by atoms with E-state index in [0.717, 1.165) is 24.0 Å². The molecule has 1 aromatic rings. The van der Waals surface area contributed by atoms with Crippen molar-refractivity contribution < 1.29 is 0 Å². The van der Waals surface area contributed by atoms with Gasteiger partial charge in [0, 0.05) is 11.9 Å². The van der Waals surface area contributed by atoms with Crippen molar-refractivity contribution in [1.82, 2.24) is 15.6 Å². The molecule has 2 N–H and O–H groups in total. The van der Waals surface area contributed by atoms with Crippen LogP contribution in [-0.4, -0.2) is 24.6 Å². The van der Waals surface area contributed by atoms with Crippen molar-refractivity contribution in [2.24, 2.45) is 5.92 Å². The highest BCUT2D eigenvalue weighted by Gasteiger charge is 2.13. The Morgan fingerprint density at radius 3 is 3.27 bits per heavy atom. The molecule has 2 rings (SSSR count). The van der Waals surface area contributed by atoms with Gasteiger partial charge in [0.1, 0.15) is 0 Å². The molecule has 0 amide bonds. The summed E-state index contributed by atoms with van der Waals surface area (Å²) >= 11 is 1.73. The largest absolute Gasteiger partial charge is 0.316 e. The fourth-order valence-electron chi connectivity index (χ4n) is 1.97. The molecular formula is C11H19N3S. The quantitative estimate of drug-likeness (QED) is 0.746. The van der Waals surface area contributed by atoms with Gasteiger partial charge in [-0.1, -0.05) is 0 Å². The lowest BCUT2D eigenvalue weighted by Gasteiger charge is -2.08. The third kappa shape index (κ3) is 3.55. The lowest BCUT2D eigenvalue weighted by molar-refractivity contribution is 0.499. The molecule has 4 heteroatoms. The number of thiazole rings is 1. The smallest absolute Gasteiger partial charge is 0.0897 e. The van der Waals surface area contributed by atoms with Crippen molar-refractivity contribution in [2.75, 3.05) is 19.6 Å². The van der Waals surface area contributed by atoms with E-state index in [2.05, 4.69) is 27.9 Å². The molecule has 2 heterocycles. The highest BCUT2D eigenvalue weighted by molar-refractivity contribution is 7.09. The Hall–Kier alpha value is -0.450. The number of aromatic nitrogens is 1. The molecule has 84 valence electrons. The van der Waals surface area contributed by atoms with Crippen LogP contribution in [0.2, 0.25) is 0 Å². The summed E-state index contributed by atoms with van der Waals surface area (Å²) in [6, 6.07) is 0. The first-order valence-corrected chi connectivity index (χ1v) is 6.55. The number of nitrogens with one attached hydrogen (secondary N) is 2. The fraction of sp³-hybridized carbons (Fsp3) is 0.727. The molecule has 1 aromatic heterocycles. The molecular weight excluding hydrogens is 206 g/mol. The van der Waals surface area contributed by atoms with Crippen molar-refractivity contribution in [3.05, 3.63) is 16.1 Å². The first-order chi connectivity index (χ1) is 7.34. The van der Waals surface area contributed by atoms with Gasteiger partial charge in [0.25, 0.3) is 0 Å². The van der Waals surface area contributed by atoms with Gasteiger partial charge in [-0.05, 0) is 45.3 Å². The molecule has 1 saturated heterocycles. The second-order valence-electron chi connectivity index (χ2n) is 4.18. The van der Waals surface area contributed by atoms with Gasteiger partial charge in [0.2, 0.25) is 0 Å². The second-order valence-corrected chi connectivity index (χ2v) is 5.24. The van der Waals surface area contributed by atoms with Gasteiger partial charge in [-0.2, -0.15) is 0 Å². The summed E-state index contributed by atoms with van der Waals surface area (Å²) in [5.41, 5.74) is 1.18. The average Bonchev–Trinajstić information content (AvgIpc) is 2.84. The molecule has 1 aliphatic rings. The lowest BCUT2D eigenvalue weighted by Crippen LogP contribution is -2.19. The van der Waals surface area contributed by atoms with Crippen LogP contribution in [0.25, 0.3) is 0 Å². The van der Waals surface area contributed by atoms with Gasteiger partial charge in [-0.15, -0.1) is 11.3 Å². The molecule has 0 spiro atoms. The molecule has 3 nitrogen and oxygen atoms in total. The van der Waals surface area contributed by atoms with E-state index >= 15 is 0 Å². The summed E-state index contributed by atoms with van der Waals surface area (Å²) in [6.07, 6.45) is 2.63. The Bertz CT molecular complexity index is 292. The zero-order valence-corrected chi connectivity index (χ0v) is 10.1. The van der Waals surface area contributed by atoms with Crippen LogP contribution >= 0.6 is 11.3 Å². The lowest BCUT2D eigenvalue weighted by atomic mass is 10.1. The van der Waals surface area contributed by atoms with Crippen LogP contribution in [0.15, 0.2) is 5.38 Å². The minimum Gasteiger partial charge on any atom is -0.316 e. The number of rotatable bonds is 5. The van der Waals surface area contributed by atoms with Gasteiger partial charge in [-0.25, -0.2) is 4.98 Å². The summed E-state index contributed by atoms with van der Waals surface area (Å²) in [7, 11) is 0. The number of hydrogen-bond donors (Lipinski definition) is 2. The van der Waals surface area contributed by atoms with E-state index in [1.54, 1.807) is 11.3 Å². The van der Waals surface area contributed by atoms with E-state index < -0.39 is 0 Å². The fourth-order valence-corrected chi connectivity index (χ4v) is 2.59. The minimum atomic E-state index is 0.884. The van der Waals surface area contributed by atoms with Crippen LogP contribution in [0.1, 0.15) is 23.5 Å². The van der Waals surface area contributed by atoms with Gasteiger partial charge in [-0.3, -0.25) is 0 Å². The van der Waals surface area contributed by atoms with E-state index in [4.69, 9.17) is 0 Å². The molecule has 0 aliphatic carbocycles. The standard InChI is InChI=1S/C11H19N3S/c1-9-14-11(8-15-9)7-13-5-3-10-2-4-12-6-10/h8,10,12-13H,2-7H2,1H3. The van der Waals surface area contributed by atoms with Crippen LogP contribution in [0.5, 0.6) is 0 Å². The highest BCUT2D eigenvalue weighted by Crippen LogP contribution is 2.11. The third-order valence-corrected chi connectivity index (χ3v) is 3.69. The molecule has 15 heavy (non-hydrogen) atoms. The SMILES string of the molecule is Cc1nc(CNCCC2CCNC2)cs1. The summed E-state index contributed by atoms with van der Waals surface area (Å²) in [4.78, 5) is 4.42. The van der Waals surface area contributed by atoms with E-state index in [-0.39, 0.29) is 0 Å². The second kappa shape index (κ2) is 5.58. The van der Waals surface area contributed by atoms with E-state index in [1.165, 1.54) is 31.6 Å². The predicted octanol–water partition coefficient (Wildman–Crippen LogP) is 1.54. The van der Waals surface area contributed by atoms with Crippen LogP contribution in [0.3, 0.4) is 0 Å². The Balaban J connectivity index is 1.58. The average molecular weight is 225 g/mol. The van der Waals surface area contributed by atoms with Crippen molar-refractivity contribution in [3.8, 4) is 0 Å². The van der Waals surface area contributed by atoms with Crippen LogP contribution in [-0.2, 0) is 6.54 Å². The van der Waals surface area contributed by atoms with E-state index in [1.807, 2.05) is 0 Å². The van der Waals surface area contributed by atoms with Gasteiger partial charge >= 0.3 is 0 Å². The first kappa shape index (κ1) is 11.0. The Morgan fingerprint density at radius 1 is 1.67 bits per heavy atom. The first-order valence-electron chi connectivity index (χ1n) is 5.67. The summed E-state index contributed by atoms with van der Waals surface area (Å²) < 4.78 is 0. The van der Waals surface area contributed by atoms with Gasteiger partial charge < -0.3 is 10.6 Å². The number of aryl methyl sites for hydroxylation is 1. The maximum Gasteiger partial charge on any atom is 0.0897 e. The molecule has 1 aliphatic heterocycles. The van der Waals surface area contributed by atoms with Crippen molar-refractivity contribution >= 4 is 11.3 Å². The normalized spacial score (nSPS) is 21.0. The summed E-state index contributed by atoms with van der Waals surface area (Å²) in [5.74, 6) is 0.884. The van der Waals surface area contributed by atoms with Crippen molar-refractivity contribution in [1.29, 1.82) is 0 Å². The molecule has 0 aromatic carbocycles. The van der Waals surface area contributed by atoms with Crippen molar-refractivity contribution in [3.63, 3.8) is 0 Å². The Kier molecular flexibility index (Phi) is 4.11. The maximum atomic E-state index is 4.42. The zero-order valence-electron chi connectivity index (χ0n) is 9.25. The summed E-state index contributed by atoms with van der Waals surface area (Å²) in [5, 5.41) is 10.2. The predicted molar refractivity (Wildman–Crippen MR) is 64.2 cm³/mol. The Labute approximate surface area is 95.3 Å². The summed E-state index contributed by atoms with van der Waals surface area (Å²) in [6.45, 7) is 6.50. The zero-order chi connectivity index (χ0) is 10.5. The monoisotopic (exact) mass is 225 g/mol. The van der Waals surface area contributed by atoms with Gasteiger partial charge in [0.15, 0.2) is 0 Å². The number of nitrogens with zero attached hydrogens (tertiary/aromatic N) is 1. The van der Waals surface area contributed by atoms with Crippen molar-refractivity contribution in [2.45, 2.75) is 26.3 Å². The van der Waals surface area contributed by atoms with E-state index in [0.29, 0.717) is 0 Å². The molecule has 1 fully saturated rings. The topological polar surface area (TPSA) is 37.0 Å².